The first-order valence-electron chi connectivity index (χ1n) is 7.56. The van der Waals surface area contributed by atoms with Crippen molar-refractivity contribution in [1.29, 1.82) is 0 Å². The molecule has 0 saturated carbocycles. The summed E-state index contributed by atoms with van der Waals surface area (Å²) in [5.41, 5.74) is 0.867. The number of hydrogen-bond acceptors (Lipinski definition) is 5. The number of hydrogen-bond donors (Lipinski definition) is 0. The van der Waals surface area contributed by atoms with E-state index in [9.17, 15) is 9.59 Å². The minimum Gasteiger partial charge on any atom is -0.469 e. The summed E-state index contributed by atoms with van der Waals surface area (Å²) in [5.74, 6) is 0.230. The Bertz CT molecular complexity index is 691. The van der Waals surface area contributed by atoms with Gasteiger partial charge in [-0.2, -0.15) is 0 Å². The Morgan fingerprint density at radius 2 is 2.30 bits per heavy atom. The van der Waals surface area contributed by atoms with Crippen molar-refractivity contribution in [2.45, 2.75) is 32.4 Å². The second-order valence-corrected chi connectivity index (χ2v) is 6.70. The van der Waals surface area contributed by atoms with Gasteiger partial charge in [0, 0.05) is 23.9 Å². The average molecular weight is 333 g/mol. The molecule has 0 aromatic carbocycles. The molecule has 0 spiro atoms. The van der Waals surface area contributed by atoms with Crippen LogP contribution in [0.3, 0.4) is 0 Å². The largest absolute Gasteiger partial charge is 0.469 e. The molecule has 2 unspecified atom stereocenters. The fourth-order valence-corrected chi connectivity index (χ4v) is 3.88. The van der Waals surface area contributed by atoms with Gasteiger partial charge >= 0.3 is 5.97 Å². The summed E-state index contributed by atoms with van der Waals surface area (Å²) in [6, 6.07) is 5.46. The lowest BCUT2D eigenvalue weighted by molar-refractivity contribution is -0.157. The number of rotatable bonds is 4. The zero-order valence-electron chi connectivity index (χ0n) is 13.2. The van der Waals surface area contributed by atoms with E-state index >= 15 is 0 Å². The number of likely N-dealkylation sites (tertiary alicyclic amines) is 1. The first-order valence-corrected chi connectivity index (χ1v) is 8.44. The number of thiophene rings is 1. The van der Waals surface area contributed by atoms with E-state index in [1.165, 1.54) is 0 Å². The van der Waals surface area contributed by atoms with Crippen LogP contribution in [-0.4, -0.2) is 23.8 Å². The number of carbonyl (C=O) groups excluding carboxylic acids is 2. The Kier molecular flexibility index (Phi) is 4.52. The second kappa shape index (κ2) is 6.58. The summed E-state index contributed by atoms with van der Waals surface area (Å²) in [5, 5.41) is 1.96. The van der Waals surface area contributed by atoms with Gasteiger partial charge in [0.25, 0.3) is 0 Å². The van der Waals surface area contributed by atoms with Crippen LogP contribution >= 0.6 is 11.3 Å². The predicted molar refractivity (Wildman–Crippen MR) is 85.8 cm³/mol. The maximum Gasteiger partial charge on any atom is 0.311 e. The number of esters is 1. The SMILES string of the molecule is Cc1occc1COC(=O)C1CCC(=O)N(C)C1c1cccs1. The van der Waals surface area contributed by atoms with E-state index in [4.69, 9.17) is 9.15 Å². The summed E-state index contributed by atoms with van der Waals surface area (Å²) in [4.78, 5) is 27.3. The van der Waals surface area contributed by atoms with E-state index in [0.29, 0.717) is 12.8 Å². The van der Waals surface area contributed by atoms with Gasteiger partial charge in [0.05, 0.1) is 18.2 Å². The van der Waals surface area contributed by atoms with E-state index < -0.39 is 0 Å². The Hall–Kier alpha value is -2.08. The number of carbonyl (C=O) groups is 2. The van der Waals surface area contributed by atoms with Crippen LogP contribution < -0.4 is 0 Å². The van der Waals surface area contributed by atoms with Crippen LogP contribution in [0.15, 0.2) is 34.3 Å². The lowest BCUT2D eigenvalue weighted by Gasteiger charge is -2.37. The molecule has 1 aliphatic heterocycles. The third-order valence-corrected chi connectivity index (χ3v) is 5.28. The Morgan fingerprint density at radius 1 is 1.48 bits per heavy atom. The van der Waals surface area contributed by atoms with Gasteiger partial charge in [-0.05, 0) is 30.9 Å². The van der Waals surface area contributed by atoms with Gasteiger partial charge in [0.15, 0.2) is 0 Å². The van der Waals surface area contributed by atoms with E-state index in [1.54, 1.807) is 35.6 Å². The quantitative estimate of drug-likeness (QED) is 0.806. The molecular weight excluding hydrogens is 314 g/mol. The maximum absolute atomic E-state index is 12.6. The first-order chi connectivity index (χ1) is 11.1. The highest BCUT2D eigenvalue weighted by atomic mass is 32.1. The van der Waals surface area contributed by atoms with Crippen LogP contribution in [0.1, 0.15) is 35.1 Å². The second-order valence-electron chi connectivity index (χ2n) is 5.72. The van der Waals surface area contributed by atoms with E-state index in [-0.39, 0.29) is 30.4 Å². The molecule has 0 radical (unpaired) electrons. The van der Waals surface area contributed by atoms with Crippen molar-refractivity contribution in [3.63, 3.8) is 0 Å². The van der Waals surface area contributed by atoms with Crippen LogP contribution in [0.4, 0.5) is 0 Å². The minimum absolute atomic E-state index is 0.0677. The normalized spacial score (nSPS) is 21.5. The molecule has 2 aromatic rings. The van der Waals surface area contributed by atoms with Gasteiger partial charge in [-0.1, -0.05) is 6.07 Å². The zero-order chi connectivity index (χ0) is 16.4. The number of ether oxygens (including phenoxy) is 1. The van der Waals surface area contributed by atoms with Gasteiger partial charge in [0.2, 0.25) is 5.91 Å². The van der Waals surface area contributed by atoms with Crippen molar-refractivity contribution in [3.8, 4) is 0 Å². The summed E-state index contributed by atoms with van der Waals surface area (Å²) in [7, 11) is 1.76. The lowest BCUT2D eigenvalue weighted by atomic mass is 9.88. The third-order valence-electron chi connectivity index (χ3n) is 4.33. The molecule has 5 nitrogen and oxygen atoms in total. The topological polar surface area (TPSA) is 59.8 Å². The molecule has 0 bridgehead atoms. The zero-order valence-corrected chi connectivity index (χ0v) is 14.0. The summed E-state index contributed by atoms with van der Waals surface area (Å²) >= 11 is 1.56. The molecule has 0 N–H and O–H groups in total. The van der Waals surface area contributed by atoms with Crippen LogP contribution in [-0.2, 0) is 20.9 Å². The van der Waals surface area contributed by atoms with Crippen molar-refractivity contribution in [3.05, 3.63) is 46.0 Å². The van der Waals surface area contributed by atoms with Crippen molar-refractivity contribution < 1.29 is 18.7 Å². The van der Waals surface area contributed by atoms with Crippen LogP contribution in [0, 0.1) is 12.8 Å². The highest BCUT2D eigenvalue weighted by Crippen LogP contribution is 2.38. The molecule has 1 fully saturated rings. The lowest BCUT2D eigenvalue weighted by Crippen LogP contribution is -2.43. The molecule has 23 heavy (non-hydrogen) atoms. The molecule has 1 saturated heterocycles. The Labute approximate surface area is 138 Å². The van der Waals surface area contributed by atoms with Gasteiger partial charge in [-0.3, -0.25) is 9.59 Å². The summed E-state index contributed by atoms with van der Waals surface area (Å²) in [6.07, 6.45) is 2.48. The summed E-state index contributed by atoms with van der Waals surface area (Å²) in [6.45, 7) is 2.04. The van der Waals surface area contributed by atoms with E-state index in [0.717, 1.165) is 16.2 Å². The van der Waals surface area contributed by atoms with Crippen LogP contribution in [0.5, 0.6) is 0 Å². The molecule has 1 aliphatic rings. The molecule has 3 heterocycles. The van der Waals surface area contributed by atoms with Gasteiger partial charge in [-0.25, -0.2) is 0 Å². The highest BCUT2D eigenvalue weighted by Gasteiger charge is 2.40. The standard InChI is InChI=1S/C17H19NO4S/c1-11-12(7-8-21-11)10-22-17(20)13-5-6-15(19)18(2)16(13)14-4-3-9-23-14/h3-4,7-9,13,16H,5-6,10H2,1-2H3. The molecule has 3 rings (SSSR count). The monoisotopic (exact) mass is 333 g/mol. The fraction of sp³-hybridized carbons (Fsp3) is 0.412. The third kappa shape index (κ3) is 3.17. The van der Waals surface area contributed by atoms with Crippen molar-refractivity contribution in [2.24, 2.45) is 5.92 Å². The van der Waals surface area contributed by atoms with Crippen molar-refractivity contribution in [2.75, 3.05) is 7.05 Å². The summed E-state index contributed by atoms with van der Waals surface area (Å²) < 4.78 is 10.7. The number of aryl methyl sites for hydroxylation is 1. The Morgan fingerprint density at radius 3 is 2.96 bits per heavy atom. The van der Waals surface area contributed by atoms with Gasteiger partial charge in [-0.15, -0.1) is 11.3 Å². The highest BCUT2D eigenvalue weighted by molar-refractivity contribution is 7.10. The molecular formula is C17H19NO4S. The molecule has 2 aromatic heterocycles. The smallest absolute Gasteiger partial charge is 0.311 e. The minimum atomic E-state index is -0.330. The average Bonchev–Trinajstić information content (AvgIpc) is 3.19. The molecule has 122 valence electrons. The van der Waals surface area contributed by atoms with Crippen LogP contribution in [0.25, 0.3) is 0 Å². The maximum atomic E-state index is 12.6. The van der Waals surface area contributed by atoms with E-state index in [2.05, 4.69) is 0 Å². The number of nitrogens with zero attached hydrogens (tertiary/aromatic N) is 1. The van der Waals surface area contributed by atoms with Gasteiger partial charge < -0.3 is 14.1 Å². The molecule has 2 atom stereocenters. The van der Waals surface area contributed by atoms with Crippen molar-refractivity contribution >= 4 is 23.2 Å². The number of furan rings is 1. The number of amides is 1. The van der Waals surface area contributed by atoms with Crippen molar-refractivity contribution in [1.82, 2.24) is 4.90 Å². The predicted octanol–water partition coefficient (Wildman–Crippen LogP) is 3.30. The Balaban J connectivity index is 1.74. The number of piperidine rings is 1. The van der Waals surface area contributed by atoms with Gasteiger partial charge in [0.1, 0.15) is 12.4 Å². The molecule has 0 aliphatic carbocycles. The first kappa shape index (κ1) is 15.8. The molecule has 6 heteroatoms. The van der Waals surface area contributed by atoms with Crippen LogP contribution in [0.2, 0.25) is 0 Å². The fourth-order valence-electron chi connectivity index (χ4n) is 2.95. The molecule has 1 amide bonds. The van der Waals surface area contributed by atoms with E-state index in [1.807, 2.05) is 24.4 Å².